The molecule has 2 unspecified atom stereocenters. The molecule has 2 heteroatoms. The summed E-state index contributed by atoms with van der Waals surface area (Å²) >= 11 is 0. The van der Waals surface area contributed by atoms with Crippen molar-refractivity contribution in [1.82, 2.24) is 5.32 Å². The van der Waals surface area contributed by atoms with Gasteiger partial charge < -0.3 is 10.1 Å². The van der Waals surface area contributed by atoms with E-state index in [2.05, 4.69) is 98.0 Å². The van der Waals surface area contributed by atoms with Gasteiger partial charge in [0.05, 0.1) is 6.61 Å². The van der Waals surface area contributed by atoms with Gasteiger partial charge in [-0.2, -0.15) is 0 Å². The molecular formula is C25H29NO. The van der Waals surface area contributed by atoms with Crippen molar-refractivity contribution < 1.29 is 4.74 Å². The van der Waals surface area contributed by atoms with E-state index in [1.54, 1.807) is 0 Å². The summed E-state index contributed by atoms with van der Waals surface area (Å²) in [6.45, 7) is 5.84. The van der Waals surface area contributed by atoms with Crippen molar-refractivity contribution in [1.29, 1.82) is 0 Å². The Morgan fingerprint density at radius 1 is 0.778 bits per heavy atom. The third kappa shape index (κ3) is 6.06. The average molecular weight is 360 g/mol. The second-order valence-corrected chi connectivity index (χ2v) is 7.12. The molecule has 3 rings (SSSR count). The van der Waals surface area contributed by atoms with Crippen molar-refractivity contribution in [2.45, 2.75) is 32.4 Å². The van der Waals surface area contributed by atoms with Gasteiger partial charge in [-0.15, -0.1) is 0 Å². The summed E-state index contributed by atoms with van der Waals surface area (Å²) in [7, 11) is 0. The van der Waals surface area contributed by atoms with Gasteiger partial charge in [-0.3, -0.25) is 0 Å². The van der Waals surface area contributed by atoms with Crippen LogP contribution in [-0.2, 0) is 11.2 Å². The maximum Gasteiger partial charge on any atom is 0.108 e. The number of hydrogen-bond acceptors (Lipinski definition) is 2. The molecule has 0 aliphatic heterocycles. The van der Waals surface area contributed by atoms with Gasteiger partial charge in [0.2, 0.25) is 0 Å². The van der Waals surface area contributed by atoms with Crippen LogP contribution in [0.3, 0.4) is 0 Å². The first-order valence-electron chi connectivity index (χ1n) is 9.73. The van der Waals surface area contributed by atoms with Gasteiger partial charge in [0.15, 0.2) is 0 Å². The van der Waals surface area contributed by atoms with E-state index >= 15 is 0 Å². The molecular weight excluding hydrogens is 330 g/mol. The minimum atomic E-state index is -0.0296. The minimum absolute atomic E-state index is 0.0296. The number of hydrogen-bond donors (Lipinski definition) is 1. The van der Waals surface area contributed by atoms with E-state index in [-0.39, 0.29) is 6.10 Å². The fourth-order valence-electron chi connectivity index (χ4n) is 3.28. The Morgan fingerprint density at radius 3 is 2.04 bits per heavy atom. The molecule has 0 radical (unpaired) electrons. The third-order valence-electron chi connectivity index (χ3n) is 4.75. The highest BCUT2D eigenvalue weighted by Crippen LogP contribution is 2.26. The summed E-state index contributed by atoms with van der Waals surface area (Å²) in [5.74, 6) is 0. The third-order valence-corrected chi connectivity index (χ3v) is 4.75. The number of benzene rings is 3. The summed E-state index contributed by atoms with van der Waals surface area (Å²) in [4.78, 5) is 0. The first-order chi connectivity index (χ1) is 13.2. The summed E-state index contributed by atoms with van der Waals surface area (Å²) in [5.41, 5.74) is 5.02. The molecule has 27 heavy (non-hydrogen) atoms. The zero-order chi connectivity index (χ0) is 18.9. The van der Waals surface area contributed by atoms with Gasteiger partial charge in [0.1, 0.15) is 6.10 Å². The van der Waals surface area contributed by atoms with Crippen LogP contribution >= 0.6 is 0 Å². The zero-order valence-electron chi connectivity index (χ0n) is 16.3. The van der Waals surface area contributed by atoms with Crippen LogP contribution in [0.2, 0.25) is 0 Å². The lowest BCUT2D eigenvalue weighted by Gasteiger charge is -2.20. The van der Waals surface area contributed by atoms with E-state index in [0.29, 0.717) is 12.6 Å². The number of ether oxygens (including phenoxy) is 1. The normalized spacial score (nSPS) is 13.3. The van der Waals surface area contributed by atoms with Crippen molar-refractivity contribution in [2.75, 3.05) is 13.2 Å². The Morgan fingerprint density at radius 2 is 1.37 bits per heavy atom. The molecule has 0 aliphatic carbocycles. The first kappa shape index (κ1) is 19.3. The lowest BCUT2D eigenvalue weighted by molar-refractivity contribution is 0.0808. The Hall–Kier alpha value is -2.42. The summed E-state index contributed by atoms with van der Waals surface area (Å²) in [6, 6.07) is 30.1. The van der Waals surface area contributed by atoms with Gasteiger partial charge in [0.25, 0.3) is 0 Å². The van der Waals surface area contributed by atoms with Crippen LogP contribution in [0.4, 0.5) is 0 Å². The average Bonchev–Trinajstić information content (AvgIpc) is 2.70. The highest BCUT2D eigenvalue weighted by atomic mass is 16.5. The topological polar surface area (TPSA) is 21.3 Å². The lowest BCUT2D eigenvalue weighted by atomic mass is 10.0. The van der Waals surface area contributed by atoms with Crippen molar-refractivity contribution in [2.24, 2.45) is 0 Å². The molecule has 0 saturated heterocycles. The minimum Gasteiger partial charge on any atom is -0.367 e. The Labute approximate surface area is 163 Å². The fraction of sp³-hybridized carbons (Fsp3) is 0.280. The van der Waals surface area contributed by atoms with Crippen LogP contribution in [0.15, 0.2) is 84.9 Å². The van der Waals surface area contributed by atoms with Crippen molar-refractivity contribution in [3.05, 3.63) is 107 Å². The molecule has 0 amide bonds. The standard InChI is InChI=1S/C25H29NO/c1-20-13-15-24(16-14-20)25(23-11-7-4-8-12-23)27-18-17-26-21(2)19-22-9-5-3-6-10-22/h3-16,21,25-26H,17-19H2,1-2H3. The molecule has 0 aromatic heterocycles. The van der Waals surface area contributed by atoms with Crippen LogP contribution in [0.25, 0.3) is 0 Å². The zero-order valence-corrected chi connectivity index (χ0v) is 16.3. The molecule has 0 aliphatic rings. The highest BCUT2D eigenvalue weighted by Gasteiger charge is 2.14. The molecule has 0 saturated carbocycles. The van der Waals surface area contributed by atoms with Crippen molar-refractivity contribution >= 4 is 0 Å². The summed E-state index contributed by atoms with van der Waals surface area (Å²) in [5, 5.41) is 3.57. The largest absolute Gasteiger partial charge is 0.367 e. The van der Waals surface area contributed by atoms with Gasteiger partial charge in [-0.25, -0.2) is 0 Å². The molecule has 3 aromatic carbocycles. The second kappa shape index (κ2) is 10.1. The van der Waals surface area contributed by atoms with E-state index in [0.717, 1.165) is 13.0 Å². The number of aryl methyl sites for hydroxylation is 1. The molecule has 0 bridgehead atoms. The Bertz CT molecular complexity index is 784. The lowest BCUT2D eigenvalue weighted by Crippen LogP contribution is -2.31. The predicted molar refractivity (Wildman–Crippen MR) is 113 cm³/mol. The van der Waals surface area contributed by atoms with Crippen LogP contribution in [0.5, 0.6) is 0 Å². The maximum absolute atomic E-state index is 6.29. The molecule has 0 spiro atoms. The highest BCUT2D eigenvalue weighted by molar-refractivity contribution is 5.31. The quantitative estimate of drug-likeness (QED) is 0.522. The molecule has 3 aromatic rings. The van der Waals surface area contributed by atoms with E-state index in [9.17, 15) is 0 Å². The SMILES string of the molecule is Cc1ccc(C(OCCNC(C)Cc2ccccc2)c2ccccc2)cc1. The first-order valence-corrected chi connectivity index (χ1v) is 9.73. The fourth-order valence-corrected chi connectivity index (χ4v) is 3.28. The van der Waals surface area contributed by atoms with E-state index < -0.39 is 0 Å². The van der Waals surface area contributed by atoms with Gasteiger partial charge in [0, 0.05) is 12.6 Å². The monoisotopic (exact) mass is 359 g/mol. The molecule has 1 N–H and O–H groups in total. The van der Waals surface area contributed by atoms with Crippen LogP contribution in [0.1, 0.15) is 35.3 Å². The van der Waals surface area contributed by atoms with Gasteiger partial charge >= 0.3 is 0 Å². The van der Waals surface area contributed by atoms with Crippen LogP contribution in [-0.4, -0.2) is 19.2 Å². The van der Waals surface area contributed by atoms with Gasteiger partial charge in [-0.05, 0) is 37.0 Å². The van der Waals surface area contributed by atoms with Crippen LogP contribution < -0.4 is 5.32 Å². The molecule has 140 valence electrons. The van der Waals surface area contributed by atoms with E-state index in [1.165, 1.54) is 22.3 Å². The van der Waals surface area contributed by atoms with E-state index in [1.807, 2.05) is 6.07 Å². The summed E-state index contributed by atoms with van der Waals surface area (Å²) < 4.78 is 6.29. The Kier molecular flexibility index (Phi) is 7.20. The van der Waals surface area contributed by atoms with Gasteiger partial charge in [-0.1, -0.05) is 90.5 Å². The van der Waals surface area contributed by atoms with E-state index in [4.69, 9.17) is 4.74 Å². The molecule has 0 heterocycles. The van der Waals surface area contributed by atoms with Crippen LogP contribution in [0, 0.1) is 6.92 Å². The predicted octanol–water partition coefficient (Wildman–Crippen LogP) is 5.32. The maximum atomic E-state index is 6.29. The number of rotatable bonds is 9. The van der Waals surface area contributed by atoms with Crippen molar-refractivity contribution in [3.8, 4) is 0 Å². The second-order valence-electron chi connectivity index (χ2n) is 7.12. The smallest absolute Gasteiger partial charge is 0.108 e. The molecule has 2 nitrogen and oxygen atoms in total. The van der Waals surface area contributed by atoms with Crippen molar-refractivity contribution in [3.63, 3.8) is 0 Å². The summed E-state index contributed by atoms with van der Waals surface area (Å²) in [6.07, 6.45) is 0.999. The Balaban J connectivity index is 1.54. The molecule has 0 fully saturated rings. The molecule has 2 atom stereocenters. The number of nitrogens with one attached hydrogen (secondary N) is 1.